The van der Waals surface area contributed by atoms with E-state index < -0.39 is 16.4 Å². The van der Waals surface area contributed by atoms with Crippen molar-refractivity contribution in [1.82, 2.24) is 19.9 Å². The van der Waals surface area contributed by atoms with E-state index in [1.807, 2.05) is 10.6 Å². The van der Waals surface area contributed by atoms with Crippen LogP contribution in [0.25, 0.3) is 22.4 Å². The number of carbonyl (C=O) groups is 1. The Morgan fingerprint density at radius 2 is 1.59 bits per heavy atom. The molecule has 2 aromatic heterocycles. The number of nitrogens with zero attached hydrogens (tertiary/aromatic N) is 3. The van der Waals surface area contributed by atoms with E-state index in [0.29, 0.717) is 53.6 Å². The molecule has 56 heavy (non-hydrogen) atoms. The number of hydrogen-bond donors (Lipinski definition) is 1. The maximum Gasteiger partial charge on any atom is 0.407 e. The first-order valence-corrected chi connectivity index (χ1v) is 27.8. The molecule has 4 fully saturated rings. The third-order valence-corrected chi connectivity index (χ3v) is 19.1. The lowest BCUT2D eigenvalue weighted by Gasteiger charge is -2.39. The van der Waals surface area contributed by atoms with Crippen LogP contribution in [0.2, 0.25) is 48.8 Å². The number of aromatic nitrogens is 3. The van der Waals surface area contributed by atoms with Crippen LogP contribution in [-0.4, -0.2) is 93.4 Å². The lowest BCUT2D eigenvalue weighted by Crippen LogP contribution is -2.47. The zero-order chi connectivity index (χ0) is 39.8. The fraction of sp³-hybridized carbons (Fsp3) is 0.690. The molecule has 14 heteroatoms. The molecule has 4 aliphatic rings. The smallest absolute Gasteiger partial charge is 0.407 e. The van der Waals surface area contributed by atoms with Gasteiger partial charge in [-0.1, -0.05) is 76.3 Å². The Morgan fingerprint density at radius 1 is 0.929 bits per heavy atom. The van der Waals surface area contributed by atoms with Gasteiger partial charge in [0.2, 0.25) is 0 Å². The quantitative estimate of drug-likeness (QED) is 0.133. The van der Waals surface area contributed by atoms with E-state index in [4.69, 9.17) is 49.7 Å². The molecule has 0 spiro atoms. The Morgan fingerprint density at radius 3 is 2.25 bits per heavy atom. The monoisotopic (exact) mass is 826 g/mol. The van der Waals surface area contributed by atoms with E-state index in [0.717, 1.165) is 63.0 Å². The van der Waals surface area contributed by atoms with Crippen LogP contribution in [0.3, 0.4) is 0 Å². The number of benzene rings is 1. The van der Waals surface area contributed by atoms with Crippen molar-refractivity contribution < 1.29 is 32.9 Å². The van der Waals surface area contributed by atoms with Gasteiger partial charge in [-0.05, 0) is 93.1 Å². The number of alkyl carbamates (subject to hydrolysis) is 1. The molecular formula is C42H63ClN4O7Si2. The van der Waals surface area contributed by atoms with Gasteiger partial charge < -0.3 is 33.4 Å². The Balaban J connectivity index is 1.05. The Labute approximate surface area is 340 Å². The summed E-state index contributed by atoms with van der Waals surface area (Å²) in [4.78, 5) is 22.4. The first kappa shape index (κ1) is 41.6. The predicted molar refractivity (Wildman–Crippen MR) is 225 cm³/mol. The molecular weight excluding hydrogens is 764 g/mol. The summed E-state index contributed by atoms with van der Waals surface area (Å²) in [7, 11) is -3.32. The normalized spacial score (nSPS) is 26.2. The number of carbonyl (C=O) groups excluding carboxylic acids is 1. The van der Waals surface area contributed by atoms with Gasteiger partial charge in [0.1, 0.15) is 30.6 Å². The fourth-order valence-electron chi connectivity index (χ4n) is 8.11. The molecule has 2 aliphatic carbocycles. The number of halogens is 1. The van der Waals surface area contributed by atoms with Crippen LogP contribution < -0.4 is 10.1 Å². The summed E-state index contributed by atoms with van der Waals surface area (Å²) >= 11 is 6.95. The summed E-state index contributed by atoms with van der Waals surface area (Å²) in [6.07, 6.45) is 7.06. The number of hydrogen-bond acceptors (Lipinski definition) is 9. The molecule has 11 nitrogen and oxygen atoms in total. The number of rotatable bonds is 13. The third-order valence-electron chi connectivity index (χ3n) is 12.6. The zero-order valence-electron chi connectivity index (χ0n) is 34.7. The number of nitrogens with one attached hydrogen (secondary N) is 1. The Kier molecular flexibility index (Phi) is 12.6. The summed E-state index contributed by atoms with van der Waals surface area (Å²) in [5, 5.41) is 3.72. The highest BCUT2D eigenvalue weighted by atomic mass is 35.5. The lowest BCUT2D eigenvalue weighted by atomic mass is 9.81. The van der Waals surface area contributed by atoms with E-state index in [-0.39, 0.29) is 54.4 Å². The van der Waals surface area contributed by atoms with Crippen molar-refractivity contribution >= 4 is 45.2 Å². The largest absolute Gasteiger partial charge is 0.456 e. The highest BCUT2D eigenvalue weighted by Gasteiger charge is 2.52. The summed E-state index contributed by atoms with van der Waals surface area (Å²) in [5.74, 6) is 0.435. The number of amides is 1. The number of fused-ring (bicyclic) bond motifs is 2. The molecule has 2 saturated carbocycles. The number of pyridine rings is 1. The van der Waals surface area contributed by atoms with Crippen molar-refractivity contribution in [2.75, 3.05) is 19.8 Å². The standard InChI is InChI=1S/C42H63ClN4O7Si2/c1-42(2,3)56(7,8)54-35-25-51-37-34(24-50-38(35)37)53-40-45-33-23-32(43)36(46-39(33)47(40)26-49-21-22-55(4,5)6)29-15-13-27(14-16-29)28-17-19-30(20-18-28)44-41(48)52-31-11-9-10-12-31/h13-16,23,28,30-31,34-35,37-38H,9-12,17-22,24-26H2,1-8H3,(H,44,48)/t28?,30?,34-,35-,37-,38-/m1/s1. The van der Waals surface area contributed by atoms with Crippen molar-refractivity contribution in [2.24, 2.45) is 0 Å². The van der Waals surface area contributed by atoms with E-state index in [1.165, 1.54) is 5.56 Å². The van der Waals surface area contributed by atoms with Crippen LogP contribution >= 0.6 is 11.6 Å². The zero-order valence-corrected chi connectivity index (χ0v) is 37.5. The molecule has 3 aromatic rings. The third kappa shape index (κ3) is 9.67. The Hall–Kier alpha value is -2.53. The van der Waals surface area contributed by atoms with Gasteiger partial charge in [0, 0.05) is 26.3 Å². The van der Waals surface area contributed by atoms with Crippen LogP contribution in [-0.2, 0) is 30.1 Å². The van der Waals surface area contributed by atoms with Crippen molar-refractivity contribution in [3.05, 3.63) is 40.9 Å². The molecule has 0 radical (unpaired) electrons. The highest BCUT2D eigenvalue weighted by Crippen LogP contribution is 2.41. The minimum Gasteiger partial charge on any atom is -0.456 e. The molecule has 308 valence electrons. The van der Waals surface area contributed by atoms with Gasteiger partial charge in [0.25, 0.3) is 0 Å². The van der Waals surface area contributed by atoms with Crippen molar-refractivity contribution in [2.45, 2.75) is 165 Å². The van der Waals surface area contributed by atoms with Gasteiger partial charge in [-0.3, -0.25) is 4.57 Å². The topological polar surface area (TPSA) is 115 Å². The van der Waals surface area contributed by atoms with Gasteiger partial charge >= 0.3 is 12.1 Å². The van der Waals surface area contributed by atoms with Gasteiger partial charge in [-0.15, -0.1) is 0 Å². The molecule has 1 aromatic carbocycles. The van der Waals surface area contributed by atoms with E-state index in [2.05, 4.69) is 83.1 Å². The SMILES string of the molecule is CC(C)(C)[Si](C)(C)O[C@@H]1CO[C@H]2[C@@H]1OC[C@H]2Oc1nc2cc(Cl)c(-c3ccc(C4CCC(NC(=O)OC5CCCC5)CC4)cc3)nc2n1COCC[Si](C)(C)C. The second kappa shape index (κ2) is 17.0. The second-order valence-electron chi connectivity index (χ2n) is 19.1. The van der Waals surface area contributed by atoms with Crippen LogP contribution in [0, 0.1) is 0 Å². The molecule has 0 bridgehead atoms. The Bertz CT molecular complexity index is 1810. The maximum atomic E-state index is 12.4. The summed E-state index contributed by atoms with van der Waals surface area (Å²) in [6.45, 7) is 20.0. The molecule has 2 saturated heterocycles. The summed E-state index contributed by atoms with van der Waals surface area (Å²) in [5.41, 5.74) is 4.19. The van der Waals surface area contributed by atoms with Gasteiger partial charge in [0.05, 0.1) is 30.0 Å². The van der Waals surface area contributed by atoms with E-state index in [9.17, 15) is 4.79 Å². The van der Waals surface area contributed by atoms with Crippen LogP contribution in [0.4, 0.5) is 4.79 Å². The first-order valence-electron chi connectivity index (χ1n) is 20.8. The second-order valence-corrected chi connectivity index (χ2v) is 29.9. The van der Waals surface area contributed by atoms with Crippen LogP contribution in [0.1, 0.15) is 83.6 Å². The van der Waals surface area contributed by atoms with Gasteiger partial charge in [-0.25, -0.2) is 9.78 Å². The van der Waals surface area contributed by atoms with E-state index in [1.54, 1.807) is 0 Å². The fourth-order valence-corrected chi connectivity index (χ4v) is 10.4. The average molecular weight is 828 g/mol. The number of ether oxygens (including phenoxy) is 5. The van der Waals surface area contributed by atoms with Gasteiger partial charge in [-0.2, -0.15) is 4.98 Å². The maximum absolute atomic E-state index is 12.4. The minimum atomic E-state index is -2.02. The van der Waals surface area contributed by atoms with Gasteiger partial charge in [0.15, 0.2) is 20.1 Å². The molecule has 7 rings (SSSR count). The predicted octanol–water partition coefficient (Wildman–Crippen LogP) is 9.69. The lowest BCUT2D eigenvalue weighted by molar-refractivity contribution is 0.00687. The average Bonchev–Trinajstić information content (AvgIpc) is 3.93. The van der Waals surface area contributed by atoms with E-state index >= 15 is 0 Å². The molecule has 1 N–H and O–H groups in total. The molecule has 1 amide bonds. The molecule has 4 heterocycles. The summed E-state index contributed by atoms with van der Waals surface area (Å²) in [6, 6.07) is 12.1. The summed E-state index contributed by atoms with van der Waals surface area (Å²) < 4.78 is 39.8. The minimum absolute atomic E-state index is 0.0832. The highest BCUT2D eigenvalue weighted by molar-refractivity contribution is 6.76. The first-order chi connectivity index (χ1) is 26.5. The van der Waals surface area contributed by atoms with Crippen molar-refractivity contribution in [3.8, 4) is 17.3 Å². The van der Waals surface area contributed by atoms with Crippen LogP contribution in [0.5, 0.6) is 6.01 Å². The molecule has 0 unspecified atom stereocenters. The number of imidazole rings is 1. The van der Waals surface area contributed by atoms with Crippen molar-refractivity contribution in [3.63, 3.8) is 0 Å². The molecule has 4 atom stereocenters. The van der Waals surface area contributed by atoms with Crippen molar-refractivity contribution in [1.29, 1.82) is 0 Å². The van der Waals surface area contributed by atoms with Crippen LogP contribution in [0.15, 0.2) is 30.3 Å². The molecule has 2 aliphatic heterocycles.